The summed E-state index contributed by atoms with van der Waals surface area (Å²) in [5.74, 6) is 0.487. The van der Waals surface area contributed by atoms with Crippen molar-refractivity contribution in [3.63, 3.8) is 0 Å². The number of hydrogen-bond acceptors (Lipinski definition) is 7. The van der Waals surface area contributed by atoms with E-state index in [1.165, 1.54) is 23.4 Å². The Kier molecular flexibility index (Phi) is 7.20. The van der Waals surface area contributed by atoms with E-state index in [4.69, 9.17) is 4.74 Å². The molecule has 31 heavy (non-hydrogen) atoms. The van der Waals surface area contributed by atoms with Crippen LogP contribution in [0.25, 0.3) is 11.0 Å². The molecule has 1 fully saturated rings. The van der Waals surface area contributed by atoms with Crippen molar-refractivity contribution >= 4 is 28.7 Å². The maximum absolute atomic E-state index is 13.0. The zero-order valence-electron chi connectivity index (χ0n) is 18.9. The van der Waals surface area contributed by atoms with Crippen LogP contribution in [0.1, 0.15) is 52.8 Å². The van der Waals surface area contributed by atoms with Gasteiger partial charge in [0.1, 0.15) is 16.2 Å². The van der Waals surface area contributed by atoms with Crippen LogP contribution in [0.2, 0.25) is 0 Å². The Bertz CT molecular complexity index is 1080. The molecule has 3 rings (SSSR count). The van der Waals surface area contributed by atoms with Gasteiger partial charge in [0.25, 0.3) is 5.56 Å². The zero-order valence-corrected chi connectivity index (χ0v) is 19.7. The van der Waals surface area contributed by atoms with Crippen molar-refractivity contribution in [3.8, 4) is 0 Å². The SMILES string of the molecule is CCCn1c(=O)n(C)c(=O)c2c(SCC(=O)NCC3CCCO3)nc(C(C)(C)C)nc21. The second-order valence-electron chi connectivity index (χ2n) is 8.83. The van der Waals surface area contributed by atoms with Crippen LogP contribution in [0.3, 0.4) is 0 Å². The van der Waals surface area contributed by atoms with Gasteiger partial charge in [-0.2, -0.15) is 0 Å². The Morgan fingerprint density at radius 2 is 2.03 bits per heavy atom. The van der Waals surface area contributed by atoms with Gasteiger partial charge in [0.15, 0.2) is 5.65 Å². The topological polar surface area (TPSA) is 108 Å². The number of nitrogens with zero attached hydrogens (tertiary/aromatic N) is 4. The Morgan fingerprint density at radius 1 is 1.29 bits per heavy atom. The third kappa shape index (κ3) is 5.17. The van der Waals surface area contributed by atoms with E-state index < -0.39 is 11.2 Å². The molecule has 1 N–H and O–H groups in total. The highest BCUT2D eigenvalue weighted by Crippen LogP contribution is 2.27. The highest BCUT2D eigenvalue weighted by atomic mass is 32.2. The fraction of sp³-hybridized carbons (Fsp3) is 0.667. The Balaban J connectivity index is 1.99. The lowest BCUT2D eigenvalue weighted by Gasteiger charge is -2.20. The van der Waals surface area contributed by atoms with Gasteiger partial charge in [0.2, 0.25) is 5.91 Å². The smallest absolute Gasteiger partial charge is 0.332 e. The molecule has 10 heteroatoms. The summed E-state index contributed by atoms with van der Waals surface area (Å²) in [5, 5.41) is 3.59. The van der Waals surface area contributed by atoms with E-state index in [0.717, 1.165) is 30.4 Å². The minimum absolute atomic E-state index is 0.0668. The van der Waals surface area contributed by atoms with Crippen molar-refractivity contribution in [1.29, 1.82) is 0 Å². The third-order valence-corrected chi connectivity index (χ3v) is 6.13. The van der Waals surface area contributed by atoms with E-state index in [9.17, 15) is 14.4 Å². The van der Waals surface area contributed by atoms with Crippen molar-refractivity contribution in [2.75, 3.05) is 18.9 Å². The minimum Gasteiger partial charge on any atom is -0.376 e. The van der Waals surface area contributed by atoms with Crippen LogP contribution in [0.4, 0.5) is 0 Å². The van der Waals surface area contributed by atoms with Gasteiger partial charge in [-0.1, -0.05) is 39.5 Å². The molecular formula is C21H31N5O4S. The largest absolute Gasteiger partial charge is 0.376 e. The summed E-state index contributed by atoms with van der Waals surface area (Å²) in [7, 11) is 1.46. The monoisotopic (exact) mass is 449 g/mol. The lowest BCUT2D eigenvalue weighted by molar-refractivity contribution is -0.119. The number of carbonyl (C=O) groups excluding carboxylic acids is 1. The first-order valence-corrected chi connectivity index (χ1v) is 11.6. The summed E-state index contributed by atoms with van der Waals surface area (Å²) in [6, 6.07) is 0. The molecule has 1 unspecified atom stereocenters. The number of aromatic nitrogens is 4. The molecule has 170 valence electrons. The summed E-state index contributed by atoms with van der Waals surface area (Å²) in [6.45, 7) is 9.54. The van der Waals surface area contributed by atoms with Gasteiger partial charge < -0.3 is 10.1 Å². The Labute approximate surface area is 185 Å². The van der Waals surface area contributed by atoms with Crippen molar-refractivity contribution < 1.29 is 9.53 Å². The summed E-state index contributed by atoms with van der Waals surface area (Å²) >= 11 is 1.19. The van der Waals surface area contributed by atoms with Gasteiger partial charge >= 0.3 is 5.69 Å². The van der Waals surface area contributed by atoms with Gasteiger partial charge in [0.05, 0.1) is 11.9 Å². The van der Waals surface area contributed by atoms with Crippen LogP contribution < -0.4 is 16.6 Å². The third-order valence-electron chi connectivity index (χ3n) is 5.16. The molecular weight excluding hydrogens is 418 g/mol. The van der Waals surface area contributed by atoms with Gasteiger partial charge in [-0.15, -0.1) is 0 Å². The number of thioether (sulfide) groups is 1. The molecule has 2 aromatic rings. The van der Waals surface area contributed by atoms with Gasteiger partial charge in [-0.3, -0.25) is 18.7 Å². The van der Waals surface area contributed by atoms with Crippen LogP contribution in [0, 0.1) is 0 Å². The van der Waals surface area contributed by atoms with Gasteiger partial charge in [-0.25, -0.2) is 14.8 Å². The number of rotatable bonds is 7. The number of amides is 1. The number of aryl methyl sites for hydroxylation is 1. The first-order chi connectivity index (χ1) is 14.6. The van der Waals surface area contributed by atoms with Crippen molar-refractivity contribution in [2.24, 2.45) is 7.05 Å². The quantitative estimate of drug-likeness (QED) is 0.505. The average molecular weight is 450 g/mol. The van der Waals surface area contributed by atoms with Crippen molar-refractivity contribution in [2.45, 2.75) is 70.0 Å². The maximum Gasteiger partial charge on any atom is 0.332 e. The highest BCUT2D eigenvalue weighted by molar-refractivity contribution is 8.00. The van der Waals surface area contributed by atoms with Crippen LogP contribution in [-0.4, -0.2) is 50.0 Å². The number of carbonyl (C=O) groups is 1. The predicted molar refractivity (Wildman–Crippen MR) is 121 cm³/mol. The lowest BCUT2D eigenvalue weighted by atomic mass is 9.96. The van der Waals surface area contributed by atoms with Crippen LogP contribution in [-0.2, 0) is 28.5 Å². The highest BCUT2D eigenvalue weighted by Gasteiger charge is 2.25. The molecule has 9 nitrogen and oxygen atoms in total. The second-order valence-corrected chi connectivity index (χ2v) is 9.79. The van der Waals surface area contributed by atoms with E-state index in [0.29, 0.717) is 29.6 Å². The molecule has 0 aromatic carbocycles. The number of hydrogen-bond donors (Lipinski definition) is 1. The Morgan fingerprint density at radius 3 is 2.65 bits per heavy atom. The molecule has 2 aromatic heterocycles. The van der Waals surface area contributed by atoms with Crippen LogP contribution in [0.5, 0.6) is 0 Å². The molecule has 3 heterocycles. The molecule has 0 saturated carbocycles. The lowest BCUT2D eigenvalue weighted by Crippen LogP contribution is -2.39. The molecule has 1 amide bonds. The zero-order chi connectivity index (χ0) is 22.8. The minimum atomic E-state index is -0.449. The normalized spacial score (nSPS) is 16.7. The summed E-state index contributed by atoms with van der Waals surface area (Å²) < 4.78 is 8.14. The summed E-state index contributed by atoms with van der Waals surface area (Å²) in [5.41, 5.74) is -0.907. The first-order valence-electron chi connectivity index (χ1n) is 10.7. The van der Waals surface area contributed by atoms with Crippen LogP contribution in [0.15, 0.2) is 14.6 Å². The average Bonchev–Trinajstić information content (AvgIpc) is 3.24. The summed E-state index contributed by atoms with van der Waals surface area (Å²) in [4.78, 5) is 47.3. The molecule has 1 aliphatic rings. The van der Waals surface area contributed by atoms with E-state index in [1.807, 2.05) is 27.7 Å². The second kappa shape index (κ2) is 9.52. The fourth-order valence-corrected chi connectivity index (χ4v) is 4.26. The van der Waals surface area contributed by atoms with Crippen molar-refractivity contribution in [1.82, 2.24) is 24.4 Å². The van der Waals surface area contributed by atoms with E-state index in [2.05, 4.69) is 15.3 Å². The molecule has 1 saturated heterocycles. The van der Waals surface area contributed by atoms with Gasteiger partial charge in [0, 0.05) is 32.2 Å². The molecule has 1 atom stereocenters. The van der Waals surface area contributed by atoms with E-state index in [-0.39, 0.29) is 28.6 Å². The molecule has 0 radical (unpaired) electrons. The number of ether oxygens (including phenoxy) is 1. The molecule has 0 aliphatic carbocycles. The Hall–Kier alpha value is -2.20. The van der Waals surface area contributed by atoms with Crippen molar-refractivity contribution in [3.05, 3.63) is 26.7 Å². The fourth-order valence-electron chi connectivity index (χ4n) is 3.42. The van der Waals surface area contributed by atoms with E-state index in [1.54, 1.807) is 0 Å². The summed E-state index contributed by atoms with van der Waals surface area (Å²) in [6.07, 6.45) is 2.75. The van der Waals surface area contributed by atoms with Crippen LogP contribution >= 0.6 is 11.8 Å². The van der Waals surface area contributed by atoms with E-state index >= 15 is 0 Å². The number of nitrogens with one attached hydrogen (secondary N) is 1. The standard InChI is InChI=1S/C21H31N5O4S/c1-6-9-26-16-15(18(28)25(5)20(26)29)17(24-19(23-16)21(2,3)4)31-12-14(27)22-11-13-8-7-10-30-13/h13H,6-12H2,1-5H3,(H,22,27). The number of fused-ring (bicyclic) bond motifs is 1. The maximum atomic E-state index is 13.0. The first kappa shape index (κ1) is 23.5. The molecule has 1 aliphatic heterocycles. The van der Waals surface area contributed by atoms with Gasteiger partial charge in [-0.05, 0) is 19.3 Å². The predicted octanol–water partition coefficient (Wildman–Crippen LogP) is 1.58. The molecule has 0 spiro atoms. The molecule has 0 bridgehead atoms.